The van der Waals surface area contributed by atoms with Crippen LogP contribution in [-0.2, 0) is 11.5 Å². The zero-order valence-corrected chi connectivity index (χ0v) is 17.3. The molecule has 1 saturated carbocycles. The number of nitrogens with zero attached hydrogens (tertiary/aromatic N) is 2. The zero-order chi connectivity index (χ0) is 19.6. The smallest absolute Gasteiger partial charge is 0.293 e. The molecule has 1 amide bonds. The number of fused-ring (bicyclic) bond motifs is 1. The van der Waals surface area contributed by atoms with Crippen LogP contribution in [-0.4, -0.2) is 16.1 Å². The highest BCUT2D eigenvalue weighted by molar-refractivity contribution is 7.97. The number of furan rings is 1. The number of carbonyl (C=O) groups excluding carboxylic acids is 1. The molecule has 0 bridgehead atoms. The average molecular weight is 422 g/mol. The Morgan fingerprint density at radius 2 is 1.86 bits per heavy atom. The maximum Gasteiger partial charge on any atom is 0.293 e. The maximum absolute atomic E-state index is 13.0. The third-order valence-electron chi connectivity index (χ3n) is 4.85. The Morgan fingerprint density at radius 1 is 1.07 bits per heavy atom. The highest BCUT2D eigenvalue weighted by Gasteiger charge is 2.28. The number of nitrogens with one attached hydrogen (secondary N) is 1. The van der Waals surface area contributed by atoms with Crippen LogP contribution in [0, 0.1) is 0 Å². The zero-order valence-electron chi connectivity index (χ0n) is 15.6. The van der Waals surface area contributed by atoms with Crippen molar-refractivity contribution in [3.63, 3.8) is 0 Å². The fourth-order valence-corrected chi connectivity index (χ4v) is 5.13. The second kappa shape index (κ2) is 8.00. The summed E-state index contributed by atoms with van der Waals surface area (Å²) in [6, 6.07) is 18.1. The molecular weight excluding hydrogens is 402 g/mol. The lowest BCUT2D eigenvalue weighted by atomic mass is 10.1. The highest BCUT2D eigenvalue weighted by Crippen LogP contribution is 2.42. The lowest BCUT2D eigenvalue weighted by molar-refractivity contribution is 0.0997. The standard InChI is InChI=1S/C22H19N3O2S2/c26-20(23-22-25-24-21(29-22)15-10-11-15)19-17(16-8-4-5-9-18(16)27-19)13-28-12-14-6-2-1-3-7-14/h1-9,15H,10-13H2,(H,23,25,26). The molecule has 0 aliphatic heterocycles. The number of anilines is 1. The number of aromatic nitrogens is 2. The van der Waals surface area contributed by atoms with E-state index in [1.165, 1.54) is 16.9 Å². The van der Waals surface area contributed by atoms with E-state index in [4.69, 9.17) is 4.42 Å². The predicted octanol–water partition coefficient (Wildman–Crippen LogP) is 5.85. The van der Waals surface area contributed by atoms with E-state index in [1.807, 2.05) is 42.5 Å². The van der Waals surface area contributed by atoms with Gasteiger partial charge in [0, 0.05) is 28.4 Å². The third kappa shape index (κ3) is 4.06. The van der Waals surface area contributed by atoms with Crippen molar-refractivity contribution < 1.29 is 9.21 Å². The number of hydrogen-bond acceptors (Lipinski definition) is 6. The summed E-state index contributed by atoms with van der Waals surface area (Å²) >= 11 is 3.22. The molecule has 7 heteroatoms. The molecule has 1 aliphatic carbocycles. The van der Waals surface area contributed by atoms with Crippen LogP contribution in [0.1, 0.15) is 45.4 Å². The Hall–Kier alpha value is -2.64. The molecule has 2 aromatic heterocycles. The molecule has 0 atom stereocenters. The van der Waals surface area contributed by atoms with Gasteiger partial charge in [0.2, 0.25) is 5.13 Å². The van der Waals surface area contributed by atoms with Gasteiger partial charge in [0.25, 0.3) is 5.91 Å². The van der Waals surface area contributed by atoms with Crippen LogP contribution in [0.5, 0.6) is 0 Å². The Balaban J connectivity index is 1.36. The fraction of sp³-hybridized carbons (Fsp3) is 0.227. The number of hydrogen-bond donors (Lipinski definition) is 1. The normalized spacial score (nSPS) is 13.7. The van der Waals surface area contributed by atoms with Gasteiger partial charge in [-0.15, -0.1) is 10.2 Å². The number of para-hydroxylation sites is 1. The summed E-state index contributed by atoms with van der Waals surface area (Å²) in [6.07, 6.45) is 2.32. The van der Waals surface area contributed by atoms with Crippen LogP contribution >= 0.6 is 23.1 Å². The molecule has 4 aromatic rings. The monoisotopic (exact) mass is 421 g/mol. The van der Waals surface area contributed by atoms with Crippen LogP contribution in [0.25, 0.3) is 11.0 Å². The fourth-order valence-electron chi connectivity index (χ4n) is 3.20. The molecule has 0 spiro atoms. The minimum atomic E-state index is -0.269. The van der Waals surface area contributed by atoms with Gasteiger partial charge in [-0.2, -0.15) is 11.8 Å². The van der Waals surface area contributed by atoms with Crippen LogP contribution in [0.4, 0.5) is 5.13 Å². The van der Waals surface area contributed by atoms with Gasteiger partial charge >= 0.3 is 0 Å². The largest absolute Gasteiger partial charge is 0.451 e. The van der Waals surface area contributed by atoms with Crippen LogP contribution in [0.3, 0.4) is 0 Å². The molecular formula is C22H19N3O2S2. The summed E-state index contributed by atoms with van der Waals surface area (Å²) in [5, 5.41) is 13.7. The molecule has 29 heavy (non-hydrogen) atoms. The third-order valence-corrected chi connectivity index (χ3v) is 6.88. The molecule has 1 fully saturated rings. The number of benzene rings is 2. The molecule has 0 radical (unpaired) electrons. The van der Waals surface area contributed by atoms with Gasteiger partial charge in [-0.1, -0.05) is 59.9 Å². The first-order valence-corrected chi connectivity index (χ1v) is 11.5. The number of carbonyl (C=O) groups is 1. The molecule has 5 nitrogen and oxygen atoms in total. The quantitative estimate of drug-likeness (QED) is 0.405. The van der Waals surface area contributed by atoms with Crippen molar-refractivity contribution in [3.05, 3.63) is 76.5 Å². The van der Waals surface area contributed by atoms with E-state index in [-0.39, 0.29) is 5.91 Å². The number of amides is 1. The van der Waals surface area contributed by atoms with E-state index in [0.29, 0.717) is 22.6 Å². The van der Waals surface area contributed by atoms with Crippen molar-refractivity contribution >= 4 is 45.1 Å². The van der Waals surface area contributed by atoms with E-state index < -0.39 is 0 Å². The van der Waals surface area contributed by atoms with Crippen LogP contribution in [0.2, 0.25) is 0 Å². The van der Waals surface area contributed by atoms with Crippen molar-refractivity contribution in [1.29, 1.82) is 0 Å². The van der Waals surface area contributed by atoms with Crippen LogP contribution in [0.15, 0.2) is 59.0 Å². The second-order valence-electron chi connectivity index (χ2n) is 7.06. The molecule has 2 heterocycles. The van der Waals surface area contributed by atoms with E-state index in [2.05, 4.69) is 27.6 Å². The predicted molar refractivity (Wildman–Crippen MR) is 117 cm³/mol. The lowest BCUT2D eigenvalue weighted by Gasteiger charge is -2.04. The van der Waals surface area contributed by atoms with Crippen molar-refractivity contribution in [2.24, 2.45) is 0 Å². The molecule has 146 valence electrons. The second-order valence-corrected chi connectivity index (χ2v) is 9.05. The van der Waals surface area contributed by atoms with Crippen molar-refractivity contribution in [2.45, 2.75) is 30.3 Å². The SMILES string of the molecule is O=C(Nc1nnc(C2CC2)s1)c1oc2ccccc2c1CSCc1ccccc1. The summed E-state index contributed by atoms with van der Waals surface area (Å²) in [5.41, 5.74) is 2.91. The van der Waals surface area contributed by atoms with Crippen molar-refractivity contribution in [2.75, 3.05) is 5.32 Å². The minimum Gasteiger partial charge on any atom is -0.451 e. The topological polar surface area (TPSA) is 68.0 Å². The average Bonchev–Trinajstić information content (AvgIpc) is 3.39. The van der Waals surface area contributed by atoms with E-state index in [1.54, 1.807) is 11.8 Å². The minimum absolute atomic E-state index is 0.269. The van der Waals surface area contributed by atoms with Crippen LogP contribution < -0.4 is 5.32 Å². The maximum atomic E-state index is 13.0. The Labute approximate surface area is 176 Å². The lowest BCUT2D eigenvalue weighted by Crippen LogP contribution is -2.12. The van der Waals surface area contributed by atoms with Gasteiger partial charge in [-0.25, -0.2) is 0 Å². The van der Waals surface area contributed by atoms with Crippen molar-refractivity contribution in [3.8, 4) is 0 Å². The first kappa shape index (κ1) is 18.4. The van der Waals surface area contributed by atoms with Gasteiger partial charge in [0.1, 0.15) is 10.6 Å². The van der Waals surface area contributed by atoms with Gasteiger partial charge in [0.15, 0.2) is 5.76 Å². The Kier molecular flexibility index (Phi) is 5.08. The number of rotatable bonds is 7. The highest BCUT2D eigenvalue weighted by atomic mass is 32.2. The first-order valence-electron chi connectivity index (χ1n) is 9.55. The molecule has 1 aliphatic rings. The molecule has 2 aromatic carbocycles. The van der Waals surface area contributed by atoms with Gasteiger partial charge < -0.3 is 4.42 Å². The van der Waals surface area contributed by atoms with Gasteiger partial charge in [0.05, 0.1) is 0 Å². The number of thioether (sulfide) groups is 1. The Morgan fingerprint density at radius 3 is 2.69 bits per heavy atom. The summed E-state index contributed by atoms with van der Waals surface area (Å²) < 4.78 is 5.93. The summed E-state index contributed by atoms with van der Waals surface area (Å²) in [4.78, 5) is 13.0. The molecule has 0 saturated heterocycles. The first-order chi connectivity index (χ1) is 14.3. The van der Waals surface area contributed by atoms with E-state index in [9.17, 15) is 4.79 Å². The van der Waals surface area contributed by atoms with Gasteiger partial charge in [-0.3, -0.25) is 10.1 Å². The summed E-state index contributed by atoms with van der Waals surface area (Å²) in [7, 11) is 0. The summed E-state index contributed by atoms with van der Waals surface area (Å²) in [6.45, 7) is 0. The Bertz CT molecular complexity index is 1150. The van der Waals surface area contributed by atoms with E-state index >= 15 is 0 Å². The van der Waals surface area contributed by atoms with Crippen molar-refractivity contribution in [1.82, 2.24) is 10.2 Å². The molecule has 1 N–H and O–H groups in total. The summed E-state index contributed by atoms with van der Waals surface area (Å²) in [5.74, 6) is 2.18. The van der Waals surface area contributed by atoms with Gasteiger partial charge in [-0.05, 0) is 24.5 Å². The molecule has 5 rings (SSSR count). The molecule has 0 unspecified atom stereocenters. The van der Waals surface area contributed by atoms with E-state index in [0.717, 1.165) is 40.1 Å².